The number of ether oxygens (including phenoxy) is 1. The highest BCUT2D eigenvalue weighted by Crippen LogP contribution is 2.49. The second kappa shape index (κ2) is 5.69. The number of phenols is 1. The summed E-state index contributed by atoms with van der Waals surface area (Å²) in [5.41, 5.74) is 2.86. The summed E-state index contributed by atoms with van der Waals surface area (Å²) in [6, 6.07) is 10.2. The second-order valence-electron chi connectivity index (χ2n) is 6.16. The first-order chi connectivity index (χ1) is 11.1. The topological polar surface area (TPSA) is 41.5 Å². The highest BCUT2D eigenvalue weighted by molar-refractivity contribution is 6.30. The molecule has 120 valence electrons. The Morgan fingerprint density at radius 3 is 2.91 bits per heavy atom. The Kier molecular flexibility index (Phi) is 3.66. The molecule has 0 spiro atoms. The molecule has 1 fully saturated rings. The van der Waals surface area contributed by atoms with Gasteiger partial charge in [-0.25, -0.2) is 4.39 Å². The lowest BCUT2D eigenvalue weighted by Gasteiger charge is -2.43. The molecular formula is C18H17ClFNO2. The van der Waals surface area contributed by atoms with Gasteiger partial charge >= 0.3 is 0 Å². The second-order valence-corrected chi connectivity index (χ2v) is 6.60. The van der Waals surface area contributed by atoms with Gasteiger partial charge in [-0.1, -0.05) is 17.7 Å². The normalized spacial score (nSPS) is 26.1. The van der Waals surface area contributed by atoms with Crippen LogP contribution in [0, 0.1) is 11.7 Å². The zero-order chi connectivity index (χ0) is 16.0. The lowest BCUT2D eigenvalue weighted by Crippen LogP contribution is -2.36. The molecule has 2 aromatic rings. The molecule has 2 N–H and O–H groups in total. The van der Waals surface area contributed by atoms with E-state index >= 15 is 0 Å². The Balaban J connectivity index is 1.78. The van der Waals surface area contributed by atoms with E-state index in [4.69, 9.17) is 16.3 Å². The Bertz CT molecular complexity index is 752. The van der Waals surface area contributed by atoms with Gasteiger partial charge < -0.3 is 15.2 Å². The van der Waals surface area contributed by atoms with E-state index in [0.717, 1.165) is 36.3 Å². The van der Waals surface area contributed by atoms with Crippen molar-refractivity contribution in [3.05, 3.63) is 58.4 Å². The highest BCUT2D eigenvalue weighted by Gasteiger charge is 2.40. The van der Waals surface area contributed by atoms with Gasteiger partial charge in [0, 0.05) is 28.8 Å². The average molecular weight is 334 g/mol. The van der Waals surface area contributed by atoms with E-state index < -0.39 is 5.82 Å². The number of benzene rings is 2. The molecule has 2 heterocycles. The van der Waals surface area contributed by atoms with Crippen LogP contribution in [0.1, 0.15) is 36.1 Å². The molecule has 2 aliphatic rings. The van der Waals surface area contributed by atoms with E-state index in [1.807, 2.05) is 18.2 Å². The van der Waals surface area contributed by atoms with Crippen molar-refractivity contribution in [2.45, 2.75) is 25.0 Å². The molecule has 5 heteroatoms. The summed E-state index contributed by atoms with van der Waals surface area (Å²) < 4.78 is 19.8. The van der Waals surface area contributed by atoms with Crippen LogP contribution in [0.4, 0.5) is 10.1 Å². The molecule has 23 heavy (non-hydrogen) atoms. The summed E-state index contributed by atoms with van der Waals surface area (Å²) in [6.07, 6.45) is 1.94. The molecule has 0 bridgehead atoms. The third-order valence-corrected chi connectivity index (χ3v) is 4.99. The maximum absolute atomic E-state index is 13.8. The zero-order valence-electron chi connectivity index (χ0n) is 12.4. The summed E-state index contributed by atoms with van der Waals surface area (Å²) in [5.74, 6) is -0.716. The van der Waals surface area contributed by atoms with E-state index in [2.05, 4.69) is 5.32 Å². The Morgan fingerprint density at radius 1 is 1.22 bits per heavy atom. The summed E-state index contributed by atoms with van der Waals surface area (Å²) >= 11 is 6.14. The Morgan fingerprint density at radius 2 is 2.09 bits per heavy atom. The lowest BCUT2D eigenvalue weighted by atomic mass is 9.77. The molecule has 3 nitrogen and oxygen atoms in total. The van der Waals surface area contributed by atoms with E-state index in [1.54, 1.807) is 6.07 Å². The van der Waals surface area contributed by atoms with Crippen LogP contribution in [0.25, 0.3) is 0 Å². The van der Waals surface area contributed by atoms with Crippen molar-refractivity contribution in [2.75, 3.05) is 11.9 Å². The summed E-state index contributed by atoms with van der Waals surface area (Å²) in [6.45, 7) is 0.726. The first-order valence-corrected chi connectivity index (χ1v) is 8.17. The minimum Gasteiger partial charge on any atom is -0.505 e. The molecule has 2 aliphatic heterocycles. The number of rotatable bonds is 1. The van der Waals surface area contributed by atoms with Gasteiger partial charge in [0.05, 0.1) is 12.1 Å². The minimum absolute atomic E-state index is 0.0411. The zero-order valence-corrected chi connectivity index (χ0v) is 13.2. The van der Waals surface area contributed by atoms with Crippen LogP contribution in [-0.2, 0) is 4.74 Å². The third kappa shape index (κ3) is 2.56. The van der Waals surface area contributed by atoms with Crippen molar-refractivity contribution >= 4 is 17.3 Å². The smallest absolute Gasteiger partial charge is 0.165 e. The van der Waals surface area contributed by atoms with Gasteiger partial charge in [0.15, 0.2) is 11.6 Å². The van der Waals surface area contributed by atoms with Crippen molar-refractivity contribution in [2.24, 2.45) is 5.92 Å². The molecule has 0 aliphatic carbocycles. The van der Waals surface area contributed by atoms with E-state index in [-0.39, 0.29) is 23.8 Å². The molecule has 0 aromatic heterocycles. The molecule has 0 amide bonds. The van der Waals surface area contributed by atoms with E-state index in [9.17, 15) is 9.50 Å². The first kappa shape index (κ1) is 14.8. The third-order valence-electron chi connectivity index (χ3n) is 4.76. The summed E-state index contributed by atoms with van der Waals surface area (Å²) in [5, 5.41) is 13.6. The maximum atomic E-state index is 13.8. The Hall–Kier alpha value is -1.78. The predicted octanol–water partition coefficient (Wildman–Crippen LogP) is 4.82. The van der Waals surface area contributed by atoms with Crippen molar-refractivity contribution in [3.63, 3.8) is 0 Å². The molecule has 4 rings (SSSR count). The van der Waals surface area contributed by atoms with Crippen LogP contribution in [0.15, 0.2) is 36.4 Å². The number of fused-ring (bicyclic) bond motifs is 3. The van der Waals surface area contributed by atoms with Crippen LogP contribution in [0.2, 0.25) is 5.02 Å². The fourth-order valence-electron chi connectivity index (χ4n) is 3.69. The number of anilines is 1. The van der Waals surface area contributed by atoms with Crippen LogP contribution in [0.5, 0.6) is 5.75 Å². The predicted molar refractivity (Wildman–Crippen MR) is 87.3 cm³/mol. The van der Waals surface area contributed by atoms with Gasteiger partial charge in [-0.05, 0) is 48.7 Å². The molecule has 0 unspecified atom stereocenters. The van der Waals surface area contributed by atoms with Gasteiger partial charge in [-0.15, -0.1) is 0 Å². The number of hydrogen-bond donors (Lipinski definition) is 2. The van der Waals surface area contributed by atoms with Gasteiger partial charge in [0.2, 0.25) is 0 Å². The van der Waals surface area contributed by atoms with Gasteiger partial charge in [-0.2, -0.15) is 0 Å². The van der Waals surface area contributed by atoms with Crippen molar-refractivity contribution < 1.29 is 14.2 Å². The molecule has 1 saturated heterocycles. The molecule has 2 aromatic carbocycles. The number of aromatic hydroxyl groups is 1. The van der Waals surface area contributed by atoms with Gasteiger partial charge in [0.1, 0.15) is 0 Å². The molecule has 3 atom stereocenters. The average Bonchev–Trinajstić information content (AvgIpc) is 2.57. The Labute approximate surface area is 139 Å². The lowest BCUT2D eigenvalue weighted by molar-refractivity contribution is -0.0381. The SMILES string of the molecule is Oc1ccc([C@@H]2Nc3ccc(Cl)cc3[C@H]3OCCC[C@H]32)cc1F. The fraction of sp³-hybridized carbons (Fsp3) is 0.333. The minimum atomic E-state index is -0.598. The molecular weight excluding hydrogens is 317 g/mol. The van der Waals surface area contributed by atoms with Crippen LogP contribution >= 0.6 is 11.6 Å². The number of phenolic OH excluding ortho intramolecular Hbond substituents is 1. The number of nitrogens with one attached hydrogen (secondary N) is 1. The van der Waals surface area contributed by atoms with Crippen LogP contribution < -0.4 is 5.32 Å². The fourth-order valence-corrected chi connectivity index (χ4v) is 3.87. The number of hydrogen-bond acceptors (Lipinski definition) is 3. The summed E-state index contributed by atoms with van der Waals surface area (Å²) in [4.78, 5) is 0. The number of halogens is 2. The van der Waals surface area contributed by atoms with E-state index in [1.165, 1.54) is 12.1 Å². The highest BCUT2D eigenvalue weighted by atomic mass is 35.5. The first-order valence-electron chi connectivity index (χ1n) is 7.79. The van der Waals surface area contributed by atoms with Gasteiger partial charge in [-0.3, -0.25) is 0 Å². The monoisotopic (exact) mass is 333 g/mol. The van der Waals surface area contributed by atoms with Crippen LogP contribution in [0.3, 0.4) is 0 Å². The van der Waals surface area contributed by atoms with Crippen LogP contribution in [-0.4, -0.2) is 11.7 Å². The largest absolute Gasteiger partial charge is 0.505 e. The van der Waals surface area contributed by atoms with Gasteiger partial charge in [0.25, 0.3) is 0 Å². The maximum Gasteiger partial charge on any atom is 0.165 e. The summed E-state index contributed by atoms with van der Waals surface area (Å²) in [7, 11) is 0. The van der Waals surface area contributed by atoms with Crippen molar-refractivity contribution in [3.8, 4) is 5.75 Å². The molecule has 0 saturated carbocycles. The standard InChI is InChI=1S/C18H17ClFNO2/c19-11-4-5-15-13(9-11)18-12(2-1-7-23-18)17(21-15)10-3-6-16(22)14(20)8-10/h3-6,8-9,12,17-18,21-22H,1-2,7H2/t12-,17-,18-/m0/s1. The quantitative estimate of drug-likeness (QED) is 0.786. The van der Waals surface area contributed by atoms with E-state index in [0.29, 0.717) is 5.02 Å². The van der Waals surface area contributed by atoms with Crippen molar-refractivity contribution in [1.82, 2.24) is 0 Å². The molecule has 0 radical (unpaired) electrons. The van der Waals surface area contributed by atoms with Crippen molar-refractivity contribution in [1.29, 1.82) is 0 Å².